The van der Waals surface area contributed by atoms with Crippen LogP contribution in [0.2, 0.25) is 5.02 Å². The summed E-state index contributed by atoms with van der Waals surface area (Å²) in [6, 6.07) is 5.94. The molecular formula is C18H11ClFN5O2. The van der Waals surface area contributed by atoms with Gasteiger partial charge in [-0.2, -0.15) is 0 Å². The molecule has 0 spiro atoms. The molecule has 4 aromatic heterocycles. The minimum Gasteiger partial charge on any atom is -0.416 e. The largest absolute Gasteiger partial charge is 0.416 e. The molecule has 0 saturated heterocycles. The lowest BCUT2D eigenvalue weighted by atomic mass is 10.2. The van der Waals surface area contributed by atoms with E-state index in [1.165, 1.54) is 29.1 Å². The van der Waals surface area contributed by atoms with Gasteiger partial charge in [-0.1, -0.05) is 11.6 Å². The van der Waals surface area contributed by atoms with Crippen molar-refractivity contribution in [3.8, 4) is 22.9 Å². The van der Waals surface area contributed by atoms with Crippen molar-refractivity contribution in [2.75, 3.05) is 0 Å². The maximum atomic E-state index is 13.3. The number of hydrogen-bond acceptors (Lipinski definition) is 6. The Morgan fingerprint density at radius 2 is 1.78 bits per heavy atom. The Hall–Kier alpha value is -3.39. The summed E-state index contributed by atoms with van der Waals surface area (Å²) in [5, 5.41) is 8.45. The van der Waals surface area contributed by atoms with Crippen LogP contribution in [-0.4, -0.2) is 24.7 Å². The summed E-state index contributed by atoms with van der Waals surface area (Å²) in [6.45, 7) is 0.163. The van der Waals surface area contributed by atoms with E-state index >= 15 is 0 Å². The molecule has 4 aromatic rings. The third kappa shape index (κ3) is 3.75. The minimum atomic E-state index is -0.464. The highest BCUT2D eigenvalue weighted by molar-refractivity contribution is 6.30. The van der Waals surface area contributed by atoms with Crippen LogP contribution in [0, 0.1) is 5.82 Å². The lowest BCUT2D eigenvalue weighted by Gasteiger charge is -2.06. The van der Waals surface area contributed by atoms with Crippen LogP contribution in [0.1, 0.15) is 5.56 Å². The molecule has 0 amide bonds. The Labute approximate surface area is 157 Å². The summed E-state index contributed by atoms with van der Waals surface area (Å²) in [5.74, 6) is 0.0246. The van der Waals surface area contributed by atoms with Gasteiger partial charge in [-0.05, 0) is 23.8 Å². The van der Waals surface area contributed by atoms with Gasteiger partial charge in [-0.25, -0.2) is 4.39 Å². The van der Waals surface area contributed by atoms with Gasteiger partial charge in [-0.15, -0.1) is 10.2 Å². The number of halogens is 2. The van der Waals surface area contributed by atoms with E-state index in [2.05, 4.69) is 20.2 Å². The number of rotatable bonds is 4. The van der Waals surface area contributed by atoms with E-state index in [0.717, 1.165) is 6.20 Å². The SMILES string of the molecule is O=c1ccc(-c2nnc(-c3cncc(Cl)c3)o2)cn1Cc1cncc(F)c1. The number of aromatic nitrogens is 5. The summed E-state index contributed by atoms with van der Waals surface area (Å²) < 4.78 is 20.4. The van der Waals surface area contributed by atoms with E-state index in [0.29, 0.717) is 21.7 Å². The maximum Gasteiger partial charge on any atom is 0.250 e. The van der Waals surface area contributed by atoms with Crippen LogP contribution in [0.4, 0.5) is 4.39 Å². The Bertz CT molecular complexity index is 1170. The summed E-state index contributed by atoms with van der Waals surface area (Å²) >= 11 is 5.92. The fourth-order valence-electron chi connectivity index (χ4n) is 2.51. The molecule has 9 heteroatoms. The Kier molecular flexibility index (Phi) is 4.47. The molecule has 27 heavy (non-hydrogen) atoms. The lowest BCUT2D eigenvalue weighted by Crippen LogP contribution is -2.19. The van der Waals surface area contributed by atoms with Crippen molar-refractivity contribution in [1.82, 2.24) is 24.7 Å². The van der Waals surface area contributed by atoms with Crippen LogP contribution < -0.4 is 5.56 Å². The third-order valence-corrected chi connectivity index (χ3v) is 3.93. The lowest BCUT2D eigenvalue weighted by molar-refractivity contribution is 0.582. The summed E-state index contributed by atoms with van der Waals surface area (Å²) in [6.07, 6.45) is 7.23. The highest BCUT2D eigenvalue weighted by Crippen LogP contribution is 2.24. The molecule has 4 rings (SSSR count). The molecule has 0 aliphatic rings. The zero-order chi connectivity index (χ0) is 18.8. The van der Waals surface area contributed by atoms with Gasteiger partial charge in [0.15, 0.2) is 0 Å². The second-order valence-corrected chi connectivity index (χ2v) is 6.14. The van der Waals surface area contributed by atoms with Crippen LogP contribution in [0.15, 0.2) is 64.5 Å². The molecule has 0 atom stereocenters. The van der Waals surface area contributed by atoms with E-state index in [9.17, 15) is 9.18 Å². The average Bonchev–Trinajstić information content (AvgIpc) is 3.14. The van der Waals surface area contributed by atoms with E-state index in [-0.39, 0.29) is 23.9 Å². The summed E-state index contributed by atoms with van der Waals surface area (Å²) in [5.41, 5.74) is 1.44. The molecule has 0 N–H and O–H groups in total. The first kappa shape index (κ1) is 17.0. The van der Waals surface area contributed by atoms with E-state index in [1.54, 1.807) is 24.5 Å². The highest BCUT2D eigenvalue weighted by Gasteiger charge is 2.12. The monoisotopic (exact) mass is 383 g/mol. The smallest absolute Gasteiger partial charge is 0.250 e. The van der Waals surface area contributed by atoms with Crippen molar-refractivity contribution in [3.05, 3.63) is 82.0 Å². The van der Waals surface area contributed by atoms with Gasteiger partial charge >= 0.3 is 0 Å². The first-order valence-electron chi connectivity index (χ1n) is 7.83. The molecule has 0 aromatic carbocycles. The van der Waals surface area contributed by atoms with Crippen LogP contribution in [0.5, 0.6) is 0 Å². The second kappa shape index (κ2) is 7.08. The molecule has 134 valence electrons. The molecule has 7 nitrogen and oxygen atoms in total. The predicted molar refractivity (Wildman–Crippen MR) is 95.5 cm³/mol. The van der Waals surface area contributed by atoms with Gasteiger partial charge < -0.3 is 8.98 Å². The van der Waals surface area contributed by atoms with E-state index < -0.39 is 5.82 Å². The molecule has 0 aliphatic carbocycles. The van der Waals surface area contributed by atoms with Crippen LogP contribution >= 0.6 is 11.6 Å². The van der Waals surface area contributed by atoms with Gasteiger partial charge in [0.05, 0.1) is 28.9 Å². The minimum absolute atomic E-state index is 0.163. The normalized spacial score (nSPS) is 10.9. The maximum absolute atomic E-state index is 13.3. The molecule has 0 fully saturated rings. The van der Waals surface area contributed by atoms with Crippen molar-refractivity contribution < 1.29 is 8.81 Å². The van der Waals surface area contributed by atoms with Gasteiger partial charge in [0, 0.05) is 30.9 Å². The van der Waals surface area contributed by atoms with E-state index in [1.807, 2.05) is 0 Å². The first-order chi connectivity index (χ1) is 13.1. The fraction of sp³-hybridized carbons (Fsp3) is 0.0556. The molecule has 0 unspecified atom stereocenters. The number of pyridine rings is 3. The van der Waals surface area contributed by atoms with Crippen molar-refractivity contribution >= 4 is 11.6 Å². The second-order valence-electron chi connectivity index (χ2n) is 5.70. The van der Waals surface area contributed by atoms with Gasteiger partial charge in [-0.3, -0.25) is 14.8 Å². The van der Waals surface area contributed by atoms with Crippen LogP contribution in [-0.2, 0) is 6.54 Å². The van der Waals surface area contributed by atoms with Gasteiger partial charge in [0.25, 0.3) is 5.56 Å². The van der Waals surface area contributed by atoms with Crippen molar-refractivity contribution in [3.63, 3.8) is 0 Å². The number of hydrogen-bond donors (Lipinski definition) is 0. The van der Waals surface area contributed by atoms with Crippen molar-refractivity contribution in [1.29, 1.82) is 0 Å². The Morgan fingerprint density at radius 3 is 2.56 bits per heavy atom. The molecule has 0 bridgehead atoms. The third-order valence-electron chi connectivity index (χ3n) is 3.72. The Morgan fingerprint density at radius 1 is 1.00 bits per heavy atom. The van der Waals surface area contributed by atoms with E-state index in [4.69, 9.17) is 16.0 Å². The molecule has 4 heterocycles. The predicted octanol–water partition coefficient (Wildman–Crippen LogP) is 3.20. The van der Waals surface area contributed by atoms with Crippen molar-refractivity contribution in [2.45, 2.75) is 6.54 Å². The van der Waals surface area contributed by atoms with Crippen molar-refractivity contribution in [2.24, 2.45) is 0 Å². The topological polar surface area (TPSA) is 86.7 Å². The van der Waals surface area contributed by atoms with Gasteiger partial charge in [0.2, 0.25) is 11.8 Å². The molecule has 0 aliphatic heterocycles. The quantitative estimate of drug-likeness (QED) is 0.538. The standard InChI is InChI=1S/C18H11ClFN5O2/c19-14-4-13(6-22-7-14)18-24-23-17(27-18)12-1-2-16(26)25(10-12)9-11-3-15(20)8-21-5-11/h1-8,10H,9H2. The molecule has 0 radical (unpaired) electrons. The van der Waals surface area contributed by atoms with Crippen LogP contribution in [0.25, 0.3) is 22.9 Å². The van der Waals surface area contributed by atoms with Gasteiger partial charge in [0.1, 0.15) is 5.82 Å². The molecule has 0 saturated carbocycles. The highest BCUT2D eigenvalue weighted by atomic mass is 35.5. The van der Waals surface area contributed by atoms with Crippen LogP contribution in [0.3, 0.4) is 0 Å². The summed E-state index contributed by atoms with van der Waals surface area (Å²) in [7, 11) is 0. The number of nitrogens with zero attached hydrogens (tertiary/aromatic N) is 5. The summed E-state index contributed by atoms with van der Waals surface area (Å²) in [4.78, 5) is 19.9. The first-order valence-corrected chi connectivity index (χ1v) is 8.21. The fourth-order valence-corrected chi connectivity index (χ4v) is 2.68. The average molecular weight is 384 g/mol. The Balaban J connectivity index is 1.66. The zero-order valence-electron chi connectivity index (χ0n) is 13.7. The zero-order valence-corrected chi connectivity index (χ0v) is 14.5. The molecular weight excluding hydrogens is 373 g/mol.